The van der Waals surface area contributed by atoms with E-state index in [-0.39, 0.29) is 0 Å². The van der Waals surface area contributed by atoms with Crippen LogP contribution in [-0.2, 0) is 0 Å². The number of imidazole rings is 1. The molecule has 2 aromatic heterocycles. The van der Waals surface area contributed by atoms with Gasteiger partial charge in [0.05, 0.1) is 34.6 Å². The fourth-order valence-electron chi connectivity index (χ4n) is 2.68. The van der Waals surface area contributed by atoms with Gasteiger partial charge in [0.25, 0.3) is 0 Å². The molecule has 0 saturated heterocycles. The summed E-state index contributed by atoms with van der Waals surface area (Å²) in [5, 5.41) is 9.11. The van der Waals surface area contributed by atoms with Crippen LogP contribution in [0.1, 0.15) is 5.56 Å². The van der Waals surface area contributed by atoms with Crippen molar-refractivity contribution in [1.29, 1.82) is 5.26 Å². The summed E-state index contributed by atoms with van der Waals surface area (Å²) in [7, 11) is 0. The predicted molar refractivity (Wildman–Crippen MR) is 89.0 cm³/mol. The zero-order valence-corrected chi connectivity index (χ0v) is 12.2. The van der Waals surface area contributed by atoms with Gasteiger partial charge >= 0.3 is 0 Å². The molecule has 4 nitrogen and oxygen atoms in total. The Labute approximate surface area is 133 Å². The summed E-state index contributed by atoms with van der Waals surface area (Å²) >= 11 is 0. The predicted octanol–water partition coefficient (Wildman–Crippen LogP) is 3.96. The van der Waals surface area contributed by atoms with E-state index in [0.717, 1.165) is 28.1 Å². The lowest BCUT2D eigenvalue weighted by molar-refractivity contribution is 1.08. The van der Waals surface area contributed by atoms with E-state index in [1.165, 1.54) is 0 Å². The molecule has 2 heterocycles. The Morgan fingerprint density at radius 1 is 0.957 bits per heavy atom. The Bertz CT molecular complexity index is 1010. The zero-order chi connectivity index (χ0) is 15.6. The van der Waals surface area contributed by atoms with Gasteiger partial charge in [-0.2, -0.15) is 5.26 Å². The summed E-state index contributed by atoms with van der Waals surface area (Å²) in [5.74, 6) is 0.837. The molecule has 0 atom stereocenters. The van der Waals surface area contributed by atoms with Gasteiger partial charge in [0.15, 0.2) is 0 Å². The monoisotopic (exact) mass is 296 g/mol. The second kappa shape index (κ2) is 5.39. The summed E-state index contributed by atoms with van der Waals surface area (Å²) in [5.41, 5.74) is 4.32. The van der Waals surface area contributed by atoms with E-state index in [2.05, 4.69) is 15.6 Å². The van der Waals surface area contributed by atoms with Gasteiger partial charge in [0, 0.05) is 11.8 Å². The van der Waals surface area contributed by atoms with Gasteiger partial charge in [0.2, 0.25) is 0 Å². The molecular formula is C19H12N4. The van der Waals surface area contributed by atoms with Crippen LogP contribution in [0.3, 0.4) is 0 Å². The first-order chi connectivity index (χ1) is 11.4. The zero-order valence-electron chi connectivity index (χ0n) is 12.2. The minimum Gasteiger partial charge on any atom is -0.291 e. The van der Waals surface area contributed by atoms with Crippen LogP contribution in [0, 0.1) is 11.3 Å². The number of nitriles is 1. The van der Waals surface area contributed by atoms with E-state index in [1.54, 1.807) is 6.20 Å². The third-order valence-electron chi connectivity index (χ3n) is 3.72. The Morgan fingerprint density at radius 2 is 1.83 bits per heavy atom. The van der Waals surface area contributed by atoms with Crippen LogP contribution in [0.25, 0.3) is 28.1 Å². The van der Waals surface area contributed by atoms with Crippen LogP contribution in [0.2, 0.25) is 0 Å². The van der Waals surface area contributed by atoms with Gasteiger partial charge in [-0.25, -0.2) is 4.98 Å². The van der Waals surface area contributed by atoms with Crippen molar-refractivity contribution in [3.63, 3.8) is 0 Å². The average molecular weight is 296 g/mol. The molecule has 23 heavy (non-hydrogen) atoms. The third kappa shape index (κ3) is 2.25. The number of hydrogen-bond acceptors (Lipinski definition) is 3. The number of nitrogens with zero attached hydrogens (tertiary/aromatic N) is 4. The third-order valence-corrected chi connectivity index (χ3v) is 3.72. The van der Waals surface area contributed by atoms with Gasteiger partial charge < -0.3 is 0 Å². The van der Waals surface area contributed by atoms with Crippen molar-refractivity contribution in [2.75, 3.05) is 0 Å². The first-order valence-corrected chi connectivity index (χ1v) is 7.25. The molecule has 108 valence electrons. The minimum absolute atomic E-state index is 0.605. The standard InChI is InChI=1S/C19H12N4/c20-12-14-8-9-18-17(11-14)22-19(15-5-2-1-3-6-15)23(18)16-7-4-10-21-13-16/h1-11,13H. The first-order valence-electron chi connectivity index (χ1n) is 7.25. The number of aromatic nitrogens is 3. The largest absolute Gasteiger partial charge is 0.291 e. The molecule has 0 saturated carbocycles. The molecule has 0 spiro atoms. The number of benzene rings is 2. The maximum Gasteiger partial charge on any atom is 0.145 e. The Balaban J connectivity index is 2.07. The highest BCUT2D eigenvalue weighted by atomic mass is 15.1. The molecule has 4 aromatic rings. The molecule has 0 aliphatic rings. The van der Waals surface area contributed by atoms with Gasteiger partial charge in [-0.15, -0.1) is 0 Å². The molecule has 0 unspecified atom stereocenters. The van der Waals surface area contributed by atoms with Crippen LogP contribution in [0.5, 0.6) is 0 Å². The van der Waals surface area contributed by atoms with Crippen LogP contribution in [-0.4, -0.2) is 14.5 Å². The Kier molecular flexibility index (Phi) is 3.10. The van der Waals surface area contributed by atoms with Gasteiger partial charge in [-0.05, 0) is 30.3 Å². The molecule has 4 heteroatoms. The summed E-state index contributed by atoms with van der Waals surface area (Å²) in [6.07, 6.45) is 3.56. The van der Waals surface area contributed by atoms with Gasteiger partial charge in [-0.1, -0.05) is 30.3 Å². The molecule has 0 fully saturated rings. The molecule has 0 N–H and O–H groups in total. The highest BCUT2D eigenvalue weighted by Crippen LogP contribution is 2.28. The average Bonchev–Trinajstić information content (AvgIpc) is 3.01. The Hall–Kier alpha value is -3.45. The maximum absolute atomic E-state index is 9.11. The quantitative estimate of drug-likeness (QED) is 0.562. The number of pyridine rings is 1. The molecule has 0 radical (unpaired) electrons. The summed E-state index contributed by atoms with van der Waals surface area (Å²) in [6.45, 7) is 0. The summed E-state index contributed by atoms with van der Waals surface area (Å²) in [4.78, 5) is 8.97. The molecule has 0 aliphatic heterocycles. The van der Waals surface area contributed by atoms with E-state index in [0.29, 0.717) is 5.56 Å². The SMILES string of the molecule is N#Cc1ccc2c(c1)nc(-c1ccccc1)n2-c1cccnc1. The fraction of sp³-hybridized carbons (Fsp3) is 0. The van der Waals surface area contributed by atoms with Crippen molar-refractivity contribution in [2.45, 2.75) is 0 Å². The van der Waals surface area contributed by atoms with Crippen molar-refractivity contribution in [3.05, 3.63) is 78.6 Å². The Morgan fingerprint density at radius 3 is 2.57 bits per heavy atom. The molecule has 0 amide bonds. The van der Waals surface area contributed by atoms with E-state index < -0.39 is 0 Å². The normalized spacial score (nSPS) is 10.6. The van der Waals surface area contributed by atoms with E-state index in [4.69, 9.17) is 10.2 Å². The number of rotatable bonds is 2. The lowest BCUT2D eigenvalue weighted by Crippen LogP contribution is -1.97. The minimum atomic E-state index is 0.605. The molecule has 0 bridgehead atoms. The second-order valence-corrected chi connectivity index (χ2v) is 5.16. The van der Waals surface area contributed by atoms with E-state index in [1.807, 2.05) is 66.9 Å². The summed E-state index contributed by atoms with van der Waals surface area (Å²) < 4.78 is 2.07. The smallest absolute Gasteiger partial charge is 0.145 e. The topological polar surface area (TPSA) is 54.5 Å². The fourth-order valence-corrected chi connectivity index (χ4v) is 2.68. The van der Waals surface area contributed by atoms with Crippen molar-refractivity contribution in [1.82, 2.24) is 14.5 Å². The maximum atomic E-state index is 9.11. The van der Waals surface area contributed by atoms with E-state index >= 15 is 0 Å². The van der Waals surface area contributed by atoms with Crippen molar-refractivity contribution >= 4 is 11.0 Å². The molecule has 2 aromatic carbocycles. The highest BCUT2D eigenvalue weighted by molar-refractivity contribution is 5.84. The second-order valence-electron chi connectivity index (χ2n) is 5.16. The molecule has 4 rings (SSSR count). The van der Waals surface area contributed by atoms with Crippen molar-refractivity contribution in [3.8, 4) is 23.1 Å². The van der Waals surface area contributed by atoms with Gasteiger partial charge in [-0.3, -0.25) is 9.55 Å². The summed E-state index contributed by atoms with van der Waals surface area (Å²) in [6, 6.07) is 21.6. The van der Waals surface area contributed by atoms with Gasteiger partial charge in [0.1, 0.15) is 5.82 Å². The van der Waals surface area contributed by atoms with Crippen LogP contribution >= 0.6 is 0 Å². The first kappa shape index (κ1) is 13.2. The molecule has 0 aliphatic carbocycles. The number of hydrogen-bond donors (Lipinski definition) is 0. The number of fused-ring (bicyclic) bond motifs is 1. The van der Waals surface area contributed by atoms with Crippen molar-refractivity contribution < 1.29 is 0 Å². The highest BCUT2D eigenvalue weighted by Gasteiger charge is 2.14. The van der Waals surface area contributed by atoms with E-state index in [9.17, 15) is 0 Å². The van der Waals surface area contributed by atoms with Crippen LogP contribution < -0.4 is 0 Å². The van der Waals surface area contributed by atoms with Crippen LogP contribution in [0.15, 0.2) is 73.1 Å². The molecular weight excluding hydrogens is 284 g/mol. The van der Waals surface area contributed by atoms with Crippen LogP contribution in [0.4, 0.5) is 0 Å². The lowest BCUT2D eigenvalue weighted by Gasteiger charge is -2.08. The van der Waals surface area contributed by atoms with Crippen molar-refractivity contribution in [2.24, 2.45) is 0 Å². The lowest BCUT2D eigenvalue weighted by atomic mass is 10.2.